The molecule has 0 aliphatic heterocycles. The topological polar surface area (TPSA) is 83.8 Å². The van der Waals surface area contributed by atoms with Gasteiger partial charge in [-0.3, -0.25) is 0 Å². The standard InChI is InChI=1S/C15H11FO5/c1-21-15(20)10-4-9(5-11(16)6-10)12-3-2-8(14(18)19)7-13(12)17/h2-7,17H,1H3,(H,18,19). The number of methoxy groups -OCH3 is 1. The second-order valence-corrected chi connectivity index (χ2v) is 4.26. The Hall–Kier alpha value is -2.89. The molecule has 2 aromatic rings. The van der Waals surface area contributed by atoms with Gasteiger partial charge in [0.15, 0.2) is 0 Å². The minimum absolute atomic E-state index is 0.00536. The summed E-state index contributed by atoms with van der Waals surface area (Å²) in [5, 5.41) is 18.7. The maximum atomic E-state index is 13.6. The third kappa shape index (κ3) is 3.00. The van der Waals surface area contributed by atoms with Gasteiger partial charge >= 0.3 is 11.9 Å². The molecule has 0 spiro atoms. The van der Waals surface area contributed by atoms with Crippen molar-refractivity contribution < 1.29 is 28.9 Å². The maximum Gasteiger partial charge on any atom is 0.337 e. The number of aromatic hydroxyl groups is 1. The van der Waals surface area contributed by atoms with Crippen molar-refractivity contribution in [2.75, 3.05) is 7.11 Å². The molecule has 0 saturated heterocycles. The van der Waals surface area contributed by atoms with Gasteiger partial charge in [0.1, 0.15) is 11.6 Å². The molecule has 108 valence electrons. The highest BCUT2D eigenvalue weighted by Crippen LogP contribution is 2.31. The molecule has 0 aromatic heterocycles. The zero-order valence-electron chi connectivity index (χ0n) is 11.0. The Labute approximate surface area is 119 Å². The number of carboxylic acids is 1. The normalized spacial score (nSPS) is 10.2. The van der Waals surface area contributed by atoms with Crippen molar-refractivity contribution in [3.63, 3.8) is 0 Å². The number of hydrogen-bond donors (Lipinski definition) is 2. The average Bonchev–Trinajstić information content (AvgIpc) is 2.45. The summed E-state index contributed by atoms with van der Waals surface area (Å²) < 4.78 is 18.1. The van der Waals surface area contributed by atoms with Crippen molar-refractivity contribution in [2.24, 2.45) is 0 Å². The molecule has 0 bridgehead atoms. The van der Waals surface area contributed by atoms with Gasteiger partial charge in [-0.25, -0.2) is 14.0 Å². The second kappa shape index (κ2) is 5.62. The smallest absolute Gasteiger partial charge is 0.337 e. The first-order valence-corrected chi connectivity index (χ1v) is 5.88. The summed E-state index contributed by atoms with van der Waals surface area (Å²) in [5.41, 5.74) is 0.351. The predicted octanol–water partition coefficient (Wildman–Crippen LogP) is 2.68. The fourth-order valence-corrected chi connectivity index (χ4v) is 1.89. The quantitative estimate of drug-likeness (QED) is 0.849. The van der Waals surface area contributed by atoms with E-state index >= 15 is 0 Å². The molecule has 0 atom stereocenters. The fraction of sp³-hybridized carbons (Fsp3) is 0.0667. The average molecular weight is 290 g/mol. The first kappa shape index (κ1) is 14.5. The van der Waals surface area contributed by atoms with Gasteiger partial charge in [-0.1, -0.05) is 0 Å². The van der Waals surface area contributed by atoms with E-state index in [1.165, 1.54) is 25.3 Å². The summed E-state index contributed by atoms with van der Waals surface area (Å²) in [5.74, 6) is -2.89. The summed E-state index contributed by atoms with van der Waals surface area (Å²) in [6, 6.07) is 7.17. The number of hydrogen-bond acceptors (Lipinski definition) is 4. The summed E-state index contributed by atoms with van der Waals surface area (Å²) in [4.78, 5) is 22.3. The molecule has 0 aliphatic rings. The summed E-state index contributed by atoms with van der Waals surface area (Å²) >= 11 is 0. The molecule has 0 unspecified atom stereocenters. The van der Waals surface area contributed by atoms with Crippen LogP contribution < -0.4 is 0 Å². The van der Waals surface area contributed by atoms with Crippen LogP contribution in [0.15, 0.2) is 36.4 Å². The lowest BCUT2D eigenvalue weighted by Crippen LogP contribution is -2.02. The number of carbonyl (C=O) groups excluding carboxylic acids is 1. The van der Waals surface area contributed by atoms with E-state index in [2.05, 4.69) is 4.74 Å². The first-order chi connectivity index (χ1) is 9.92. The highest BCUT2D eigenvalue weighted by atomic mass is 19.1. The van der Waals surface area contributed by atoms with Crippen molar-refractivity contribution in [3.8, 4) is 16.9 Å². The van der Waals surface area contributed by atoms with Gasteiger partial charge in [-0.15, -0.1) is 0 Å². The first-order valence-electron chi connectivity index (χ1n) is 5.88. The number of carboxylic acid groups (broad SMARTS) is 1. The Morgan fingerprint density at radius 1 is 1.10 bits per heavy atom. The molecule has 2 aromatic carbocycles. The molecular formula is C15H11FO5. The number of ether oxygens (including phenoxy) is 1. The number of halogens is 1. The van der Waals surface area contributed by atoms with E-state index in [1.54, 1.807) is 0 Å². The van der Waals surface area contributed by atoms with Gasteiger partial charge in [-0.05, 0) is 42.0 Å². The maximum absolute atomic E-state index is 13.6. The van der Waals surface area contributed by atoms with Gasteiger partial charge in [0.2, 0.25) is 0 Å². The van der Waals surface area contributed by atoms with Crippen LogP contribution in [0.1, 0.15) is 20.7 Å². The number of phenolic OH excluding ortho intramolecular Hbond substituents is 1. The summed E-state index contributed by atoms with van der Waals surface area (Å²) in [6.45, 7) is 0. The van der Waals surface area contributed by atoms with Crippen LogP contribution in [0, 0.1) is 5.82 Å². The van der Waals surface area contributed by atoms with Crippen molar-refractivity contribution in [1.29, 1.82) is 0 Å². The van der Waals surface area contributed by atoms with E-state index in [1.807, 2.05) is 0 Å². The predicted molar refractivity (Wildman–Crippen MR) is 71.8 cm³/mol. The lowest BCUT2D eigenvalue weighted by Gasteiger charge is -2.08. The molecule has 6 heteroatoms. The summed E-state index contributed by atoms with van der Waals surface area (Å²) in [7, 11) is 1.17. The molecular weight excluding hydrogens is 279 g/mol. The third-order valence-electron chi connectivity index (χ3n) is 2.87. The third-order valence-corrected chi connectivity index (χ3v) is 2.87. The SMILES string of the molecule is COC(=O)c1cc(F)cc(-c2ccc(C(=O)O)cc2O)c1. The minimum Gasteiger partial charge on any atom is -0.507 e. The van der Waals surface area contributed by atoms with E-state index in [-0.39, 0.29) is 28.0 Å². The van der Waals surface area contributed by atoms with Crippen LogP contribution in [0.2, 0.25) is 0 Å². The number of benzene rings is 2. The largest absolute Gasteiger partial charge is 0.507 e. The molecule has 0 heterocycles. The Morgan fingerprint density at radius 2 is 1.81 bits per heavy atom. The Kier molecular flexibility index (Phi) is 3.89. The fourth-order valence-electron chi connectivity index (χ4n) is 1.89. The molecule has 0 saturated carbocycles. The molecule has 0 aliphatic carbocycles. The van der Waals surface area contributed by atoms with E-state index in [9.17, 15) is 19.1 Å². The van der Waals surface area contributed by atoms with Crippen molar-refractivity contribution in [2.45, 2.75) is 0 Å². The molecule has 2 N–H and O–H groups in total. The van der Waals surface area contributed by atoms with Crippen LogP contribution in [0.25, 0.3) is 11.1 Å². The van der Waals surface area contributed by atoms with Crippen molar-refractivity contribution >= 4 is 11.9 Å². The van der Waals surface area contributed by atoms with Crippen LogP contribution in [-0.4, -0.2) is 29.3 Å². The van der Waals surface area contributed by atoms with Crippen LogP contribution in [0.3, 0.4) is 0 Å². The van der Waals surface area contributed by atoms with E-state index in [4.69, 9.17) is 5.11 Å². The number of carbonyl (C=O) groups is 2. The molecule has 0 radical (unpaired) electrons. The zero-order chi connectivity index (χ0) is 15.6. The lowest BCUT2D eigenvalue weighted by molar-refractivity contribution is 0.0599. The van der Waals surface area contributed by atoms with Gasteiger partial charge < -0.3 is 14.9 Å². The van der Waals surface area contributed by atoms with E-state index < -0.39 is 17.8 Å². The number of esters is 1. The minimum atomic E-state index is -1.19. The zero-order valence-corrected chi connectivity index (χ0v) is 11.0. The van der Waals surface area contributed by atoms with Crippen LogP contribution in [0.4, 0.5) is 4.39 Å². The van der Waals surface area contributed by atoms with Gasteiger partial charge in [-0.2, -0.15) is 0 Å². The van der Waals surface area contributed by atoms with Crippen LogP contribution in [0.5, 0.6) is 5.75 Å². The monoisotopic (exact) mass is 290 g/mol. The van der Waals surface area contributed by atoms with Gasteiger partial charge in [0.25, 0.3) is 0 Å². The Bertz CT molecular complexity index is 724. The Morgan fingerprint density at radius 3 is 2.38 bits per heavy atom. The highest BCUT2D eigenvalue weighted by Gasteiger charge is 2.14. The number of rotatable bonds is 3. The van der Waals surface area contributed by atoms with Crippen LogP contribution in [-0.2, 0) is 4.74 Å². The highest BCUT2D eigenvalue weighted by molar-refractivity contribution is 5.92. The molecule has 2 rings (SSSR count). The van der Waals surface area contributed by atoms with E-state index in [0.29, 0.717) is 0 Å². The molecule has 0 amide bonds. The number of phenols is 1. The van der Waals surface area contributed by atoms with Crippen LogP contribution >= 0.6 is 0 Å². The van der Waals surface area contributed by atoms with Gasteiger partial charge in [0, 0.05) is 5.56 Å². The number of aromatic carboxylic acids is 1. The van der Waals surface area contributed by atoms with E-state index in [0.717, 1.165) is 18.2 Å². The Balaban J connectivity index is 2.54. The molecule has 0 fully saturated rings. The second-order valence-electron chi connectivity index (χ2n) is 4.26. The van der Waals surface area contributed by atoms with Gasteiger partial charge in [0.05, 0.1) is 18.2 Å². The van der Waals surface area contributed by atoms with Crippen molar-refractivity contribution in [3.05, 3.63) is 53.3 Å². The lowest BCUT2D eigenvalue weighted by atomic mass is 10.0. The molecule has 21 heavy (non-hydrogen) atoms. The van der Waals surface area contributed by atoms with Crippen molar-refractivity contribution in [1.82, 2.24) is 0 Å². The summed E-state index contributed by atoms with van der Waals surface area (Å²) in [6.07, 6.45) is 0. The molecule has 5 nitrogen and oxygen atoms in total.